The Morgan fingerprint density at radius 2 is 1.50 bits per heavy atom. The highest BCUT2D eigenvalue weighted by Gasteiger charge is 2.18. The Balaban J connectivity index is 0.000000298. The topological polar surface area (TPSA) is 110 Å². The van der Waals surface area contributed by atoms with Gasteiger partial charge in [-0.05, 0) is 30.0 Å². The van der Waals surface area contributed by atoms with Crippen LogP contribution in [0.5, 0.6) is 0 Å². The number of Topliss-reactive ketones (excluding diaryl/α,β-unsaturated/α-hetero) is 1. The Labute approximate surface area is 213 Å². The van der Waals surface area contributed by atoms with Crippen LogP contribution in [0.3, 0.4) is 0 Å². The van der Waals surface area contributed by atoms with Crippen molar-refractivity contribution in [1.29, 1.82) is 0 Å². The Morgan fingerprint density at radius 1 is 0.944 bits per heavy atom. The number of amides is 1. The highest BCUT2D eigenvalue weighted by Crippen LogP contribution is 2.28. The molecule has 0 heterocycles. The molecule has 0 bridgehead atoms. The number of hydrogen-bond donors (Lipinski definition) is 2. The van der Waals surface area contributed by atoms with Gasteiger partial charge in [0.2, 0.25) is 0 Å². The minimum absolute atomic E-state index is 0.271. The van der Waals surface area contributed by atoms with Gasteiger partial charge in [-0.25, -0.2) is 4.79 Å². The van der Waals surface area contributed by atoms with Gasteiger partial charge in [0.05, 0.1) is 12.3 Å². The normalized spacial score (nSPS) is 10.6. The van der Waals surface area contributed by atoms with E-state index in [1.807, 2.05) is 43.3 Å². The van der Waals surface area contributed by atoms with E-state index in [1.165, 1.54) is 5.56 Å². The molecule has 7 heteroatoms. The number of ketones is 1. The first-order valence-electron chi connectivity index (χ1n) is 11.6. The fourth-order valence-electron chi connectivity index (χ4n) is 3.35. The second-order valence-corrected chi connectivity index (χ2v) is 8.25. The summed E-state index contributed by atoms with van der Waals surface area (Å²) in [7, 11) is 3.93. The second-order valence-electron chi connectivity index (χ2n) is 8.25. The smallest absolute Gasteiger partial charge is 0.404 e. The minimum Gasteiger partial charge on any atom is -0.450 e. The molecule has 0 aliphatic rings. The number of benzene rings is 3. The molecule has 36 heavy (non-hydrogen) atoms. The number of aliphatic hydroxyl groups excluding tert-OH is 1. The average Bonchev–Trinajstić information content (AvgIpc) is 2.88. The van der Waals surface area contributed by atoms with E-state index in [0.717, 1.165) is 17.5 Å². The van der Waals surface area contributed by atoms with Gasteiger partial charge in [0.15, 0.2) is 12.1 Å². The van der Waals surface area contributed by atoms with Crippen LogP contribution in [0, 0.1) is 0 Å². The van der Waals surface area contributed by atoms with Crippen molar-refractivity contribution in [3.8, 4) is 0 Å². The van der Waals surface area contributed by atoms with Crippen molar-refractivity contribution in [2.45, 2.75) is 32.8 Å². The molecule has 192 valence electrons. The van der Waals surface area contributed by atoms with Crippen LogP contribution in [0.15, 0.2) is 78.9 Å². The van der Waals surface area contributed by atoms with E-state index in [0.29, 0.717) is 23.7 Å². The molecule has 0 aliphatic heterocycles. The van der Waals surface area contributed by atoms with Gasteiger partial charge in [0, 0.05) is 25.2 Å². The molecule has 0 radical (unpaired) electrons. The maximum atomic E-state index is 11.9. The fourth-order valence-corrected chi connectivity index (χ4v) is 3.35. The minimum atomic E-state index is -1.08. The first-order valence-corrected chi connectivity index (χ1v) is 11.6. The predicted octanol–water partition coefficient (Wildman–Crippen LogP) is 5.39. The average molecular weight is 493 g/mol. The van der Waals surface area contributed by atoms with Gasteiger partial charge in [-0.3, -0.25) is 9.59 Å². The van der Waals surface area contributed by atoms with Gasteiger partial charge in [-0.2, -0.15) is 0 Å². The summed E-state index contributed by atoms with van der Waals surface area (Å²) in [4.78, 5) is 34.4. The number of aliphatic hydroxyl groups is 1. The van der Waals surface area contributed by atoms with E-state index >= 15 is 0 Å². The standard InChI is InChI=1S/C14H12O2.C12H17NO.C3H7NO2/c15-13(11-7-3-1-4-8-11)14(16)12-9-5-2-6-10-12;1-9(2)11-7-5-6-10(8-14)12(11)13(3)4;1-2-6-3(4)5/h1-10,13,15H;5-9H,1-4H3;2H2,1H3,(H2,4,5). The summed E-state index contributed by atoms with van der Waals surface area (Å²) >= 11 is 0. The SMILES string of the molecule is CC(C)c1cccc(C=O)c1N(C)C.CCOC(N)=O.O=C(c1ccccc1)C(O)c1ccccc1. The van der Waals surface area contributed by atoms with Crippen molar-refractivity contribution in [1.82, 2.24) is 0 Å². The van der Waals surface area contributed by atoms with Gasteiger partial charge in [-0.15, -0.1) is 0 Å². The number of nitrogens with zero attached hydrogens (tertiary/aromatic N) is 1. The van der Waals surface area contributed by atoms with Crippen molar-refractivity contribution in [3.05, 3.63) is 101 Å². The van der Waals surface area contributed by atoms with Crippen molar-refractivity contribution in [2.75, 3.05) is 25.6 Å². The zero-order valence-corrected chi connectivity index (χ0v) is 21.5. The van der Waals surface area contributed by atoms with Crippen molar-refractivity contribution in [3.63, 3.8) is 0 Å². The fraction of sp³-hybridized carbons (Fsp3) is 0.276. The summed E-state index contributed by atoms with van der Waals surface area (Å²) in [6.45, 7) is 6.33. The molecule has 0 aliphatic carbocycles. The molecule has 3 aromatic carbocycles. The van der Waals surface area contributed by atoms with Crippen LogP contribution in [0.1, 0.15) is 64.6 Å². The third-order valence-electron chi connectivity index (χ3n) is 5.00. The molecule has 3 N–H and O–H groups in total. The number of anilines is 1. The van der Waals surface area contributed by atoms with Crippen molar-refractivity contribution < 1.29 is 24.2 Å². The molecular formula is C29H36N2O5. The molecule has 0 aromatic heterocycles. The van der Waals surface area contributed by atoms with Gasteiger partial charge in [0.25, 0.3) is 0 Å². The quantitative estimate of drug-likeness (QED) is 0.338. The lowest BCUT2D eigenvalue weighted by atomic mass is 9.97. The molecule has 3 rings (SSSR count). The Kier molecular flexibility index (Phi) is 13.2. The van der Waals surface area contributed by atoms with E-state index in [4.69, 9.17) is 0 Å². The highest BCUT2D eigenvalue weighted by molar-refractivity contribution is 5.99. The molecule has 1 atom stereocenters. The number of para-hydroxylation sites is 1. The largest absolute Gasteiger partial charge is 0.450 e. The lowest BCUT2D eigenvalue weighted by Crippen LogP contribution is -2.14. The van der Waals surface area contributed by atoms with Crippen LogP contribution >= 0.6 is 0 Å². The summed E-state index contributed by atoms with van der Waals surface area (Å²) < 4.78 is 4.18. The predicted molar refractivity (Wildman–Crippen MR) is 144 cm³/mol. The Hall–Kier alpha value is -3.97. The molecule has 0 spiro atoms. The molecule has 7 nitrogen and oxygen atoms in total. The molecule has 0 saturated carbocycles. The first kappa shape index (κ1) is 30.1. The Morgan fingerprint density at radius 3 is 1.92 bits per heavy atom. The van der Waals surface area contributed by atoms with Gasteiger partial charge in [0.1, 0.15) is 6.10 Å². The monoisotopic (exact) mass is 492 g/mol. The van der Waals surface area contributed by atoms with Crippen molar-refractivity contribution in [2.24, 2.45) is 5.73 Å². The number of ether oxygens (including phenoxy) is 1. The van der Waals surface area contributed by atoms with Crippen LogP contribution in [-0.4, -0.2) is 44.0 Å². The summed E-state index contributed by atoms with van der Waals surface area (Å²) in [5, 5.41) is 9.89. The first-order chi connectivity index (χ1) is 17.1. The van der Waals surface area contributed by atoms with E-state index in [-0.39, 0.29) is 5.78 Å². The van der Waals surface area contributed by atoms with Crippen LogP contribution in [0.4, 0.5) is 10.5 Å². The van der Waals surface area contributed by atoms with Gasteiger partial charge in [-0.1, -0.05) is 86.6 Å². The molecular weight excluding hydrogens is 456 g/mol. The molecule has 1 amide bonds. The third-order valence-corrected chi connectivity index (χ3v) is 5.00. The number of hydrogen-bond acceptors (Lipinski definition) is 6. The van der Waals surface area contributed by atoms with Crippen LogP contribution in [0.2, 0.25) is 0 Å². The third kappa shape index (κ3) is 9.72. The van der Waals surface area contributed by atoms with Crippen LogP contribution < -0.4 is 10.6 Å². The number of primary amides is 1. The number of rotatable bonds is 7. The lowest BCUT2D eigenvalue weighted by Gasteiger charge is -2.21. The molecule has 0 fully saturated rings. The van der Waals surface area contributed by atoms with Gasteiger partial charge < -0.3 is 20.5 Å². The zero-order chi connectivity index (χ0) is 27.1. The molecule has 3 aromatic rings. The number of carbonyl (C=O) groups is 3. The van der Waals surface area contributed by atoms with E-state index in [1.54, 1.807) is 55.5 Å². The van der Waals surface area contributed by atoms with Gasteiger partial charge >= 0.3 is 6.09 Å². The highest BCUT2D eigenvalue weighted by atomic mass is 16.5. The van der Waals surface area contributed by atoms with E-state index < -0.39 is 12.2 Å². The van der Waals surface area contributed by atoms with E-state index in [2.05, 4.69) is 30.4 Å². The maximum absolute atomic E-state index is 11.9. The summed E-state index contributed by atoms with van der Waals surface area (Å²) in [6.07, 6.45) is -0.873. The summed E-state index contributed by atoms with van der Waals surface area (Å²) in [5.74, 6) is 0.166. The number of nitrogens with two attached hydrogens (primary N) is 1. The number of carbonyl (C=O) groups excluding carboxylic acids is 3. The second kappa shape index (κ2) is 15.8. The lowest BCUT2D eigenvalue weighted by molar-refractivity contribution is 0.0747. The Bertz CT molecular complexity index is 1080. The van der Waals surface area contributed by atoms with Crippen molar-refractivity contribution >= 4 is 23.9 Å². The van der Waals surface area contributed by atoms with E-state index in [9.17, 15) is 19.5 Å². The maximum Gasteiger partial charge on any atom is 0.404 e. The zero-order valence-electron chi connectivity index (χ0n) is 21.5. The molecule has 0 saturated heterocycles. The molecule has 1 unspecified atom stereocenters. The van der Waals surface area contributed by atoms with Crippen LogP contribution in [0.25, 0.3) is 0 Å². The number of aldehydes is 1. The summed E-state index contributed by atoms with van der Waals surface area (Å²) in [5.41, 5.74) is 8.72. The van der Waals surface area contributed by atoms with Crippen LogP contribution in [-0.2, 0) is 4.74 Å². The summed E-state index contributed by atoms with van der Waals surface area (Å²) in [6, 6.07) is 23.6.